The summed E-state index contributed by atoms with van der Waals surface area (Å²) in [5.41, 5.74) is 17.4. The normalized spacial score (nSPS) is 14.1. The van der Waals surface area contributed by atoms with E-state index in [0.29, 0.717) is 0 Å². The highest BCUT2D eigenvalue weighted by molar-refractivity contribution is 5.98. The molecule has 1 heterocycles. The van der Waals surface area contributed by atoms with Crippen LogP contribution >= 0.6 is 0 Å². The summed E-state index contributed by atoms with van der Waals surface area (Å²) in [6.45, 7) is 4.71. The highest BCUT2D eigenvalue weighted by Crippen LogP contribution is 2.58. The lowest BCUT2D eigenvalue weighted by Gasteiger charge is -2.33. The van der Waals surface area contributed by atoms with Gasteiger partial charge in [-0.1, -0.05) is 196 Å². The minimum absolute atomic E-state index is 0.128. The third-order valence-corrected chi connectivity index (χ3v) is 13.7. The van der Waals surface area contributed by atoms with Gasteiger partial charge >= 0.3 is 0 Å². The van der Waals surface area contributed by atoms with Crippen LogP contribution in [0.25, 0.3) is 45.2 Å². The molecule has 11 rings (SSSR count). The molecule has 0 aliphatic heterocycles. The maximum absolute atomic E-state index is 5.02. The molecule has 1 aromatic heterocycles. The lowest BCUT2D eigenvalue weighted by molar-refractivity contribution is 0.490. The van der Waals surface area contributed by atoms with E-state index in [1.165, 1.54) is 72.1 Å². The van der Waals surface area contributed by atoms with Crippen molar-refractivity contribution in [3.05, 3.63) is 251 Å². The molecule has 0 unspecified atom stereocenters. The van der Waals surface area contributed by atoms with Crippen LogP contribution in [0.3, 0.4) is 0 Å². The van der Waals surface area contributed by atoms with E-state index in [9.17, 15) is 0 Å². The first kappa shape index (κ1) is 36.8. The van der Waals surface area contributed by atoms with Gasteiger partial charge in [-0.05, 0) is 115 Å². The van der Waals surface area contributed by atoms with Crippen LogP contribution in [0.5, 0.6) is 0 Å². The number of benzene rings is 8. The number of nitrogens with zero attached hydrogens (tertiary/aromatic N) is 2. The van der Waals surface area contributed by atoms with Crippen molar-refractivity contribution in [3.8, 4) is 22.3 Å². The van der Waals surface area contributed by atoms with Gasteiger partial charge in [0.1, 0.15) is 5.82 Å². The predicted molar refractivity (Wildman–Crippen MR) is 256 cm³/mol. The maximum atomic E-state index is 5.02. The summed E-state index contributed by atoms with van der Waals surface area (Å²) in [6, 6.07) is 73.5. The van der Waals surface area contributed by atoms with Gasteiger partial charge in [0.2, 0.25) is 0 Å². The van der Waals surface area contributed by atoms with Crippen LogP contribution in [0.2, 0.25) is 0 Å². The average molecular weight is 783 g/mol. The Morgan fingerprint density at radius 2 is 1.10 bits per heavy atom. The number of fused-ring (bicyclic) bond motifs is 7. The van der Waals surface area contributed by atoms with Crippen molar-refractivity contribution < 1.29 is 0 Å². The molecule has 61 heavy (non-hydrogen) atoms. The fraction of sp³-hybridized carbons (Fsp3) is 0.102. The molecule has 9 aromatic rings. The zero-order valence-electron chi connectivity index (χ0n) is 34.6. The topological polar surface area (TPSA) is 16.1 Å². The summed E-state index contributed by atoms with van der Waals surface area (Å²) in [4.78, 5) is 7.35. The van der Waals surface area contributed by atoms with E-state index in [-0.39, 0.29) is 5.41 Å². The first-order valence-electron chi connectivity index (χ1n) is 21.7. The van der Waals surface area contributed by atoms with Crippen molar-refractivity contribution in [3.63, 3.8) is 0 Å². The molecule has 2 aliphatic rings. The van der Waals surface area contributed by atoms with Crippen LogP contribution in [-0.2, 0) is 10.8 Å². The largest absolute Gasteiger partial charge is 0.295 e. The van der Waals surface area contributed by atoms with E-state index in [2.05, 4.69) is 231 Å². The number of anilines is 3. The molecular formula is C59H46N2. The second kappa shape index (κ2) is 14.8. The number of hydrogen-bond donors (Lipinski definition) is 0. The minimum Gasteiger partial charge on any atom is -0.295 e. The van der Waals surface area contributed by atoms with Crippen molar-refractivity contribution in [2.45, 2.75) is 37.5 Å². The zero-order valence-corrected chi connectivity index (χ0v) is 34.6. The molecule has 0 saturated carbocycles. The summed E-state index contributed by atoms with van der Waals surface area (Å²) in [6.07, 6.45) is 8.61. The lowest BCUT2D eigenvalue weighted by Crippen LogP contribution is -2.28. The Bertz CT molecular complexity index is 3060. The van der Waals surface area contributed by atoms with E-state index in [4.69, 9.17) is 4.98 Å². The van der Waals surface area contributed by atoms with Crippen LogP contribution < -0.4 is 4.90 Å². The number of pyridine rings is 1. The standard InChI is InChI=1S/C59H46N2/c1-3-58(4-2)54-39-41(31-33-43-20-18-30-53-56(43)51-28-16-17-29-52(51)59(53,44-21-8-5-9-22-44)45-23-10-6-11-24-45)32-35-49(54)50-36-34-47(40-55(50)58)61(46-25-12-7-13-26-46)57-48-27-15-14-19-42(48)37-38-60-57/h5-40H,3-4H2,1-2H3/b33-31+. The molecule has 8 aromatic carbocycles. The number of aromatic nitrogens is 1. The molecule has 0 fully saturated rings. The number of rotatable bonds is 9. The Kier molecular flexibility index (Phi) is 8.90. The highest BCUT2D eigenvalue weighted by Gasteiger charge is 2.46. The van der Waals surface area contributed by atoms with Crippen molar-refractivity contribution in [1.82, 2.24) is 4.98 Å². The highest BCUT2D eigenvalue weighted by atomic mass is 15.2. The van der Waals surface area contributed by atoms with Crippen LogP contribution in [-0.4, -0.2) is 4.98 Å². The summed E-state index contributed by atoms with van der Waals surface area (Å²) in [5.74, 6) is 0.936. The molecule has 0 saturated heterocycles. The zero-order chi connectivity index (χ0) is 41.0. The van der Waals surface area contributed by atoms with Gasteiger partial charge in [0, 0.05) is 28.4 Å². The predicted octanol–water partition coefficient (Wildman–Crippen LogP) is 15.3. The van der Waals surface area contributed by atoms with Gasteiger partial charge in [0.25, 0.3) is 0 Å². The first-order valence-corrected chi connectivity index (χ1v) is 21.7. The molecular weight excluding hydrogens is 737 g/mol. The SMILES string of the molecule is CCC1(CC)c2cc(/C=C/c3cccc4c3-c3ccccc3C4(c3ccccc3)c3ccccc3)ccc2-c2ccc(N(c3ccccc3)c3nccc4ccccc34)cc21. The van der Waals surface area contributed by atoms with Crippen molar-refractivity contribution in [1.29, 1.82) is 0 Å². The molecule has 0 spiro atoms. The third kappa shape index (κ3) is 5.59. The van der Waals surface area contributed by atoms with E-state index in [1.54, 1.807) is 0 Å². The van der Waals surface area contributed by atoms with E-state index in [1.807, 2.05) is 6.20 Å². The Labute approximate surface area is 359 Å². The van der Waals surface area contributed by atoms with E-state index in [0.717, 1.165) is 35.4 Å². The molecule has 2 aliphatic carbocycles. The molecule has 0 atom stereocenters. The minimum atomic E-state index is -0.419. The average Bonchev–Trinajstić information content (AvgIpc) is 3.79. The summed E-state index contributed by atoms with van der Waals surface area (Å²) in [7, 11) is 0. The third-order valence-electron chi connectivity index (χ3n) is 13.7. The monoisotopic (exact) mass is 782 g/mol. The van der Waals surface area contributed by atoms with Crippen molar-refractivity contribution in [2.75, 3.05) is 4.90 Å². The quantitative estimate of drug-likeness (QED) is 0.136. The van der Waals surface area contributed by atoms with Gasteiger partial charge < -0.3 is 0 Å². The Morgan fingerprint density at radius 1 is 0.475 bits per heavy atom. The van der Waals surface area contributed by atoms with Crippen LogP contribution in [0.1, 0.15) is 71.2 Å². The second-order valence-corrected chi connectivity index (χ2v) is 16.5. The van der Waals surface area contributed by atoms with Crippen LogP contribution in [0, 0.1) is 0 Å². The number of para-hydroxylation sites is 1. The van der Waals surface area contributed by atoms with Crippen LogP contribution in [0.4, 0.5) is 17.2 Å². The van der Waals surface area contributed by atoms with Gasteiger partial charge in [0.05, 0.1) is 5.41 Å². The first-order chi connectivity index (χ1) is 30.2. The molecule has 292 valence electrons. The van der Waals surface area contributed by atoms with Crippen molar-refractivity contribution >= 4 is 40.1 Å². The van der Waals surface area contributed by atoms with E-state index < -0.39 is 5.41 Å². The fourth-order valence-electron chi connectivity index (χ4n) is 10.9. The molecule has 0 N–H and O–H groups in total. The van der Waals surface area contributed by atoms with Gasteiger partial charge in [-0.25, -0.2) is 4.98 Å². The fourth-order valence-corrected chi connectivity index (χ4v) is 10.9. The van der Waals surface area contributed by atoms with Gasteiger partial charge in [-0.2, -0.15) is 0 Å². The molecule has 0 amide bonds. The summed E-state index contributed by atoms with van der Waals surface area (Å²) in [5, 5.41) is 2.31. The molecule has 2 nitrogen and oxygen atoms in total. The van der Waals surface area contributed by atoms with Gasteiger partial charge in [0.15, 0.2) is 0 Å². The summed E-state index contributed by atoms with van der Waals surface area (Å²) < 4.78 is 0. The molecule has 2 heteroatoms. The Hall–Kier alpha value is -7.29. The second-order valence-electron chi connectivity index (χ2n) is 16.5. The smallest absolute Gasteiger partial charge is 0.145 e. The van der Waals surface area contributed by atoms with Gasteiger partial charge in [-0.15, -0.1) is 0 Å². The van der Waals surface area contributed by atoms with E-state index >= 15 is 0 Å². The number of hydrogen-bond acceptors (Lipinski definition) is 2. The van der Waals surface area contributed by atoms with Gasteiger partial charge in [-0.3, -0.25) is 4.90 Å². The molecule has 0 radical (unpaired) electrons. The lowest BCUT2D eigenvalue weighted by atomic mass is 9.67. The molecule has 0 bridgehead atoms. The maximum Gasteiger partial charge on any atom is 0.145 e. The van der Waals surface area contributed by atoms with Crippen molar-refractivity contribution in [2.24, 2.45) is 0 Å². The Balaban J connectivity index is 1.02. The summed E-state index contributed by atoms with van der Waals surface area (Å²) >= 11 is 0. The Morgan fingerprint density at radius 3 is 1.84 bits per heavy atom. The van der Waals surface area contributed by atoms with Crippen LogP contribution in [0.15, 0.2) is 206 Å².